The summed E-state index contributed by atoms with van der Waals surface area (Å²) in [5.41, 5.74) is 5.21. The lowest BCUT2D eigenvalue weighted by molar-refractivity contribution is 0.410. The first-order chi connectivity index (χ1) is 13.9. The number of sulfone groups is 1. The van der Waals surface area contributed by atoms with Crippen LogP contribution < -0.4 is 10.1 Å². The Hall–Kier alpha value is -2.32. The first-order valence-corrected chi connectivity index (χ1v) is 12.3. The maximum Gasteiger partial charge on any atom is 0.183 e. The molecule has 1 aliphatic heterocycles. The van der Waals surface area contributed by atoms with Gasteiger partial charge in [0, 0.05) is 40.5 Å². The molecule has 1 atom stereocenters. The minimum atomic E-state index is -2.92. The number of aromatic nitrogens is 2. The highest BCUT2D eigenvalue weighted by Crippen LogP contribution is 2.34. The predicted molar refractivity (Wildman–Crippen MR) is 118 cm³/mol. The summed E-state index contributed by atoms with van der Waals surface area (Å²) >= 11 is 1.56. The Morgan fingerprint density at radius 2 is 2.10 bits per heavy atom. The summed E-state index contributed by atoms with van der Waals surface area (Å²) in [6, 6.07) is 10.1. The van der Waals surface area contributed by atoms with Crippen molar-refractivity contribution in [3.05, 3.63) is 52.7 Å². The summed E-state index contributed by atoms with van der Waals surface area (Å²) in [4.78, 5) is 4.76. The molecule has 8 heteroatoms. The monoisotopic (exact) mass is 431 g/mol. The largest absolute Gasteiger partial charge is 0.496 e. The summed E-state index contributed by atoms with van der Waals surface area (Å²) in [7, 11) is -1.25. The third kappa shape index (κ3) is 4.04. The number of rotatable bonds is 6. The van der Waals surface area contributed by atoms with E-state index in [0.717, 1.165) is 39.1 Å². The van der Waals surface area contributed by atoms with Crippen LogP contribution in [0.2, 0.25) is 0 Å². The fourth-order valence-corrected chi connectivity index (χ4v) is 6.49. The van der Waals surface area contributed by atoms with E-state index in [4.69, 9.17) is 9.72 Å². The van der Waals surface area contributed by atoms with Gasteiger partial charge in [0.1, 0.15) is 5.75 Å². The minimum absolute atomic E-state index is 0.0236. The molecule has 1 aromatic carbocycles. The number of para-hydroxylation sites is 1. The number of aryl methyl sites for hydroxylation is 1. The van der Waals surface area contributed by atoms with Gasteiger partial charge in [-0.15, -0.1) is 11.3 Å². The second-order valence-electron chi connectivity index (χ2n) is 7.41. The SMILES string of the molecule is COc1ccccc1CNc1nc(-c2cc(C)n([C@H]3CCS(=O)(=O)C3)c2C)cs1. The number of anilines is 1. The molecule has 1 saturated heterocycles. The maximum absolute atomic E-state index is 11.9. The number of thiazole rings is 1. The van der Waals surface area contributed by atoms with Crippen LogP contribution >= 0.6 is 11.3 Å². The normalized spacial score (nSPS) is 18.1. The van der Waals surface area contributed by atoms with Crippen molar-refractivity contribution in [3.63, 3.8) is 0 Å². The van der Waals surface area contributed by atoms with E-state index in [1.165, 1.54) is 0 Å². The van der Waals surface area contributed by atoms with E-state index >= 15 is 0 Å². The van der Waals surface area contributed by atoms with E-state index in [1.807, 2.05) is 36.6 Å². The maximum atomic E-state index is 11.9. The third-order valence-corrected chi connectivity index (χ3v) is 8.01. The molecule has 0 saturated carbocycles. The number of ether oxygens (including phenoxy) is 1. The van der Waals surface area contributed by atoms with Crippen LogP contribution in [0.4, 0.5) is 5.13 Å². The Morgan fingerprint density at radius 3 is 2.83 bits per heavy atom. The highest BCUT2D eigenvalue weighted by Gasteiger charge is 2.31. The van der Waals surface area contributed by atoms with Crippen LogP contribution in [0.5, 0.6) is 5.75 Å². The Kier molecular flexibility index (Phi) is 5.40. The van der Waals surface area contributed by atoms with E-state index in [-0.39, 0.29) is 17.5 Å². The zero-order chi connectivity index (χ0) is 20.6. The van der Waals surface area contributed by atoms with Crippen molar-refractivity contribution in [1.29, 1.82) is 0 Å². The molecule has 0 amide bonds. The Balaban J connectivity index is 1.53. The van der Waals surface area contributed by atoms with Crippen LogP contribution in [-0.4, -0.2) is 36.6 Å². The molecule has 0 spiro atoms. The summed E-state index contributed by atoms with van der Waals surface area (Å²) < 4.78 is 31.4. The Morgan fingerprint density at radius 1 is 1.31 bits per heavy atom. The van der Waals surface area contributed by atoms with Crippen molar-refractivity contribution in [1.82, 2.24) is 9.55 Å². The van der Waals surface area contributed by atoms with Crippen molar-refractivity contribution in [2.75, 3.05) is 23.9 Å². The number of hydrogen-bond donors (Lipinski definition) is 1. The van der Waals surface area contributed by atoms with Crippen LogP contribution in [-0.2, 0) is 16.4 Å². The molecular weight excluding hydrogens is 406 g/mol. The zero-order valence-electron chi connectivity index (χ0n) is 16.8. The van der Waals surface area contributed by atoms with Gasteiger partial charge in [-0.1, -0.05) is 18.2 Å². The molecule has 0 radical (unpaired) electrons. The lowest BCUT2D eigenvalue weighted by Crippen LogP contribution is -2.13. The van der Waals surface area contributed by atoms with Crippen LogP contribution in [0.25, 0.3) is 11.3 Å². The second-order valence-corrected chi connectivity index (χ2v) is 10.5. The smallest absolute Gasteiger partial charge is 0.183 e. The summed E-state index contributed by atoms with van der Waals surface area (Å²) in [6.07, 6.45) is 0.681. The second kappa shape index (κ2) is 7.84. The minimum Gasteiger partial charge on any atom is -0.496 e. The van der Waals surface area contributed by atoms with Crippen molar-refractivity contribution >= 4 is 26.3 Å². The number of nitrogens with zero attached hydrogens (tertiary/aromatic N) is 2. The summed E-state index contributed by atoms with van der Waals surface area (Å²) in [5, 5.41) is 6.26. The first kappa shape index (κ1) is 20.0. The van der Waals surface area contributed by atoms with E-state index in [9.17, 15) is 8.42 Å². The van der Waals surface area contributed by atoms with Crippen LogP contribution in [0.3, 0.4) is 0 Å². The zero-order valence-corrected chi connectivity index (χ0v) is 18.4. The van der Waals surface area contributed by atoms with Crippen molar-refractivity contribution in [2.24, 2.45) is 0 Å². The molecular formula is C21H25N3O3S2. The predicted octanol–water partition coefficient (Wildman–Crippen LogP) is 4.21. The lowest BCUT2D eigenvalue weighted by Gasteiger charge is -2.16. The molecule has 3 heterocycles. The molecule has 1 aliphatic rings. The first-order valence-electron chi connectivity index (χ1n) is 9.58. The number of nitrogens with one attached hydrogen (secondary N) is 1. The van der Waals surface area contributed by atoms with Gasteiger partial charge in [0.05, 0.1) is 24.3 Å². The molecule has 6 nitrogen and oxygen atoms in total. The average Bonchev–Trinajstić information content (AvgIpc) is 3.37. The van der Waals surface area contributed by atoms with Crippen LogP contribution in [0.15, 0.2) is 35.7 Å². The highest BCUT2D eigenvalue weighted by atomic mass is 32.2. The number of hydrogen-bond acceptors (Lipinski definition) is 6. The number of methoxy groups -OCH3 is 1. The van der Waals surface area contributed by atoms with Gasteiger partial charge in [0.25, 0.3) is 0 Å². The van der Waals surface area contributed by atoms with Crippen molar-refractivity contribution in [3.8, 4) is 17.0 Å². The number of benzene rings is 1. The van der Waals surface area contributed by atoms with Gasteiger partial charge < -0.3 is 14.6 Å². The highest BCUT2D eigenvalue weighted by molar-refractivity contribution is 7.91. The van der Waals surface area contributed by atoms with E-state index in [1.54, 1.807) is 18.4 Å². The van der Waals surface area contributed by atoms with Crippen molar-refractivity contribution in [2.45, 2.75) is 32.9 Å². The molecule has 1 fully saturated rings. The van der Waals surface area contributed by atoms with E-state index in [0.29, 0.717) is 13.0 Å². The average molecular weight is 432 g/mol. The summed E-state index contributed by atoms with van der Waals surface area (Å²) in [5.74, 6) is 1.36. The standard InChI is InChI=1S/C21H25N3O3S2/c1-14-10-18(15(2)24(14)17-8-9-29(25,26)13-17)19-12-28-21(23-19)22-11-16-6-4-5-7-20(16)27-3/h4-7,10,12,17H,8-9,11,13H2,1-3H3,(H,22,23)/t17-/m0/s1. The Labute approximate surface area is 175 Å². The molecule has 0 aliphatic carbocycles. The van der Waals surface area contributed by atoms with Gasteiger partial charge in [-0.05, 0) is 32.4 Å². The van der Waals surface area contributed by atoms with Crippen LogP contribution in [0.1, 0.15) is 29.4 Å². The molecule has 0 bridgehead atoms. The van der Waals surface area contributed by atoms with Crippen molar-refractivity contribution < 1.29 is 13.2 Å². The molecule has 1 N–H and O–H groups in total. The topological polar surface area (TPSA) is 73.2 Å². The molecule has 29 heavy (non-hydrogen) atoms. The molecule has 3 aromatic rings. The third-order valence-electron chi connectivity index (χ3n) is 5.46. The molecule has 0 unspecified atom stereocenters. The fourth-order valence-electron chi connectivity index (χ4n) is 4.08. The van der Waals surface area contributed by atoms with Gasteiger partial charge >= 0.3 is 0 Å². The van der Waals surface area contributed by atoms with Gasteiger partial charge in [-0.25, -0.2) is 13.4 Å². The summed E-state index contributed by atoms with van der Waals surface area (Å²) in [6.45, 7) is 4.72. The van der Waals surface area contributed by atoms with Gasteiger partial charge in [-0.2, -0.15) is 0 Å². The van der Waals surface area contributed by atoms with Gasteiger partial charge in [0.15, 0.2) is 15.0 Å². The molecule has 154 valence electrons. The van der Waals surface area contributed by atoms with Gasteiger partial charge in [-0.3, -0.25) is 0 Å². The fraction of sp³-hybridized carbons (Fsp3) is 0.381. The van der Waals surface area contributed by atoms with E-state index in [2.05, 4.69) is 22.9 Å². The quantitative estimate of drug-likeness (QED) is 0.633. The van der Waals surface area contributed by atoms with E-state index < -0.39 is 9.84 Å². The Bertz CT molecular complexity index is 1130. The molecule has 4 rings (SSSR count). The van der Waals surface area contributed by atoms with Crippen LogP contribution in [0, 0.1) is 13.8 Å². The van der Waals surface area contributed by atoms with Gasteiger partial charge in [0.2, 0.25) is 0 Å². The lowest BCUT2D eigenvalue weighted by atomic mass is 10.2. The molecule has 2 aromatic heterocycles.